The molecule has 2 aromatic heterocycles. The van der Waals surface area contributed by atoms with E-state index in [1.54, 1.807) is 6.20 Å². The van der Waals surface area contributed by atoms with Gasteiger partial charge in [-0.1, -0.05) is 18.2 Å². The van der Waals surface area contributed by atoms with Crippen LogP contribution in [0.15, 0.2) is 63.9 Å². The molecule has 1 aliphatic heterocycles. The Balaban J connectivity index is 1.58. The van der Waals surface area contributed by atoms with Crippen molar-refractivity contribution in [1.29, 1.82) is 0 Å². The number of hydrogen-bond acceptors (Lipinski definition) is 6. The minimum absolute atomic E-state index is 0.100. The van der Waals surface area contributed by atoms with Crippen molar-refractivity contribution in [3.63, 3.8) is 0 Å². The molecule has 130 valence electrons. The largest absolute Gasteiger partial charge is 0.394 e. The highest BCUT2D eigenvalue weighted by Crippen LogP contribution is 2.30. The number of aromatic nitrogens is 1. The molecule has 26 heavy (non-hydrogen) atoms. The van der Waals surface area contributed by atoms with Crippen molar-refractivity contribution in [3.8, 4) is 0 Å². The van der Waals surface area contributed by atoms with Crippen LogP contribution in [0.2, 0.25) is 0 Å². The number of aliphatic imine (C=N–C) groups is 1. The molecule has 5 nitrogen and oxygen atoms in total. The van der Waals surface area contributed by atoms with E-state index in [4.69, 9.17) is 0 Å². The first kappa shape index (κ1) is 17.0. The number of amidine groups is 1. The average Bonchev–Trinajstić information content (AvgIpc) is 3.30. The van der Waals surface area contributed by atoms with Gasteiger partial charge in [0.05, 0.1) is 17.0 Å². The minimum atomic E-state index is -0.358. The molecule has 1 atom stereocenters. The Kier molecular flexibility index (Phi) is 4.83. The van der Waals surface area contributed by atoms with Crippen LogP contribution >= 0.6 is 23.1 Å². The number of pyridine rings is 1. The Hall–Kier alpha value is -2.48. The van der Waals surface area contributed by atoms with Crippen molar-refractivity contribution in [3.05, 3.63) is 69.4 Å². The lowest BCUT2D eigenvalue weighted by Crippen LogP contribution is -2.20. The number of rotatable bonds is 4. The molecule has 3 aromatic rings. The van der Waals surface area contributed by atoms with Crippen LogP contribution in [-0.2, 0) is 4.79 Å². The van der Waals surface area contributed by atoms with Gasteiger partial charge >= 0.3 is 0 Å². The summed E-state index contributed by atoms with van der Waals surface area (Å²) < 4.78 is 0. The third kappa shape index (κ3) is 3.55. The molecule has 1 fully saturated rings. The van der Waals surface area contributed by atoms with Crippen molar-refractivity contribution in [2.45, 2.75) is 6.04 Å². The van der Waals surface area contributed by atoms with E-state index in [0.717, 1.165) is 21.3 Å². The third-order valence-corrected chi connectivity index (χ3v) is 5.79. The van der Waals surface area contributed by atoms with Gasteiger partial charge < -0.3 is 10.4 Å². The zero-order valence-corrected chi connectivity index (χ0v) is 15.3. The Morgan fingerprint density at radius 3 is 3.00 bits per heavy atom. The molecule has 4 rings (SSSR count). The number of nitrogens with one attached hydrogen (secondary N) is 1. The molecule has 2 N–H and O–H groups in total. The zero-order valence-electron chi connectivity index (χ0n) is 13.6. The number of nitrogens with zero attached hydrogens (tertiary/aromatic N) is 2. The Morgan fingerprint density at radius 1 is 1.27 bits per heavy atom. The fraction of sp³-hybridized carbons (Fsp3) is 0.105. The molecule has 0 spiro atoms. The summed E-state index contributed by atoms with van der Waals surface area (Å²) in [5.41, 5.74) is 1.85. The number of carbonyl (C=O) groups excluding carboxylic acids is 1. The number of aliphatic hydroxyl groups is 1. The summed E-state index contributed by atoms with van der Waals surface area (Å²) in [6.45, 7) is -0.100. The molecule has 1 aliphatic rings. The number of aliphatic hydroxyl groups excluding tert-OH is 1. The van der Waals surface area contributed by atoms with E-state index >= 15 is 0 Å². The number of thioether (sulfide) groups is 1. The lowest BCUT2D eigenvalue weighted by atomic mass is 10.1. The predicted molar refractivity (Wildman–Crippen MR) is 107 cm³/mol. The SMILES string of the molecule is O=C1NC(=NC(CO)c2cccs2)S/C1=C\c1ccc2ncccc2c1. The summed E-state index contributed by atoms with van der Waals surface area (Å²) >= 11 is 2.82. The van der Waals surface area contributed by atoms with Crippen LogP contribution in [0.5, 0.6) is 0 Å². The van der Waals surface area contributed by atoms with Crippen molar-refractivity contribution < 1.29 is 9.90 Å². The van der Waals surface area contributed by atoms with Gasteiger partial charge in [0.15, 0.2) is 5.17 Å². The van der Waals surface area contributed by atoms with E-state index < -0.39 is 0 Å². The second-order valence-corrected chi connectivity index (χ2v) is 7.68. The first-order valence-corrected chi connectivity index (χ1v) is 9.70. The van der Waals surface area contributed by atoms with Crippen molar-refractivity contribution in [2.75, 3.05) is 6.61 Å². The van der Waals surface area contributed by atoms with E-state index in [9.17, 15) is 9.90 Å². The van der Waals surface area contributed by atoms with Crippen LogP contribution in [0, 0.1) is 0 Å². The summed E-state index contributed by atoms with van der Waals surface area (Å²) in [6, 6.07) is 13.2. The fourth-order valence-electron chi connectivity index (χ4n) is 2.64. The molecule has 1 saturated heterocycles. The topological polar surface area (TPSA) is 74.6 Å². The van der Waals surface area contributed by atoms with Crippen LogP contribution in [0.25, 0.3) is 17.0 Å². The summed E-state index contributed by atoms with van der Waals surface area (Å²) in [5.74, 6) is -0.178. The molecule has 1 unspecified atom stereocenters. The second kappa shape index (κ2) is 7.41. The van der Waals surface area contributed by atoms with Crippen molar-refractivity contribution >= 4 is 51.2 Å². The van der Waals surface area contributed by atoms with Gasteiger partial charge in [0.2, 0.25) is 0 Å². The minimum Gasteiger partial charge on any atom is -0.394 e. The maximum atomic E-state index is 12.3. The van der Waals surface area contributed by atoms with Gasteiger partial charge in [0.25, 0.3) is 5.91 Å². The monoisotopic (exact) mass is 381 g/mol. The van der Waals surface area contributed by atoms with Crippen LogP contribution in [-0.4, -0.2) is 27.8 Å². The maximum absolute atomic E-state index is 12.3. The number of amides is 1. The smallest absolute Gasteiger partial charge is 0.264 e. The molecule has 1 aromatic carbocycles. The lowest BCUT2D eigenvalue weighted by molar-refractivity contribution is -0.115. The Labute approximate surface area is 158 Å². The highest BCUT2D eigenvalue weighted by Gasteiger charge is 2.25. The van der Waals surface area contributed by atoms with Gasteiger partial charge in [-0.05, 0) is 53.0 Å². The van der Waals surface area contributed by atoms with Crippen LogP contribution in [0.3, 0.4) is 0 Å². The summed E-state index contributed by atoms with van der Waals surface area (Å²) in [4.78, 5) is 22.6. The number of benzene rings is 1. The fourth-order valence-corrected chi connectivity index (χ4v) is 4.27. The van der Waals surface area contributed by atoms with E-state index in [1.165, 1.54) is 23.1 Å². The van der Waals surface area contributed by atoms with Crippen molar-refractivity contribution in [1.82, 2.24) is 10.3 Å². The highest BCUT2D eigenvalue weighted by molar-refractivity contribution is 8.18. The number of thiophene rings is 1. The molecule has 7 heteroatoms. The maximum Gasteiger partial charge on any atom is 0.264 e. The molecular formula is C19H15N3O2S2. The highest BCUT2D eigenvalue weighted by atomic mass is 32.2. The first-order valence-electron chi connectivity index (χ1n) is 8.01. The number of hydrogen-bond donors (Lipinski definition) is 2. The molecule has 0 saturated carbocycles. The van der Waals surface area contributed by atoms with E-state index in [0.29, 0.717) is 10.1 Å². The van der Waals surface area contributed by atoms with E-state index in [1.807, 2.05) is 53.9 Å². The Morgan fingerprint density at radius 2 is 2.19 bits per heavy atom. The lowest BCUT2D eigenvalue weighted by Gasteiger charge is -2.07. The van der Waals surface area contributed by atoms with Crippen LogP contribution in [0.4, 0.5) is 0 Å². The Bertz CT molecular complexity index is 1010. The normalized spacial score (nSPS) is 18.6. The van der Waals surface area contributed by atoms with Crippen molar-refractivity contribution in [2.24, 2.45) is 4.99 Å². The van der Waals surface area contributed by atoms with Crippen LogP contribution < -0.4 is 5.32 Å². The molecule has 3 heterocycles. The van der Waals surface area contributed by atoms with E-state index in [2.05, 4.69) is 15.3 Å². The first-order chi connectivity index (χ1) is 12.7. The molecular weight excluding hydrogens is 366 g/mol. The van der Waals surface area contributed by atoms with Gasteiger partial charge in [-0.25, -0.2) is 0 Å². The molecule has 1 amide bonds. The standard InChI is InChI=1S/C19H15N3O2S2/c23-11-15(16-4-2-8-25-16)21-19-22-18(24)17(26-19)10-12-5-6-14-13(9-12)3-1-7-20-14/h1-10,15,23H,11H2,(H,21,22,24)/b17-10-. The third-order valence-electron chi connectivity index (χ3n) is 3.89. The summed E-state index contributed by atoms with van der Waals surface area (Å²) in [6.07, 6.45) is 3.60. The molecule has 0 aliphatic carbocycles. The number of fused-ring (bicyclic) bond motifs is 1. The molecule has 0 radical (unpaired) electrons. The van der Waals surface area contributed by atoms with Gasteiger partial charge in [0, 0.05) is 16.5 Å². The van der Waals surface area contributed by atoms with E-state index in [-0.39, 0.29) is 18.6 Å². The van der Waals surface area contributed by atoms with Gasteiger partial charge in [-0.3, -0.25) is 14.8 Å². The second-order valence-electron chi connectivity index (χ2n) is 5.67. The predicted octanol–water partition coefficient (Wildman–Crippen LogP) is 3.59. The summed E-state index contributed by atoms with van der Waals surface area (Å²) in [7, 11) is 0. The quantitative estimate of drug-likeness (QED) is 0.677. The number of carbonyl (C=O) groups is 1. The summed E-state index contributed by atoms with van der Waals surface area (Å²) in [5, 5.41) is 15.8. The van der Waals surface area contributed by atoms with Gasteiger partial charge in [-0.15, -0.1) is 11.3 Å². The molecule has 0 bridgehead atoms. The van der Waals surface area contributed by atoms with Crippen LogP contribution in [0.1, 0.15) is 16.5 Å². The average molecular weight is 381 g/mol. The van der Waals surface area contributed by atoms with Gasteiger partial charge in [-0.2, -0.15) is 0 Å². The van der Waals surface area contributed by atoms with Gasteiger partial charge in [0.1, 0.15) is 6.04 Å². The zero-order chi connectivity index (χ0) is 17.9.